The van der Waals surface area contributed by atoms with Gasteiger partial charge >= 0.3 is 0 Å². The summed E-state index contributed by atoms with van der Waals surface area (Å²) in [5, 5.41) is 0.615. The second-order valence-corrected chi connectivity index (χ2v) is 6.33. The first-order valence-electron chi connectivity index (χ1n) is 5.89. The Labute approximate surface area is 123 Å². The van der Waals surface area contributed by atoms with Gasteiger partial charge in [0.25, 0.3) is 0 Å². The minimum Gasteiger partial charge on any atom is -0.497 e. The van der Waals surface area contributed by atoms with Crippen LogP contribution in [0.1, 0.15) is 5.56 Å². The molecule has 0 saturated heterocycles. The van der Waals surface area contributed by atoms with Crippen molar-refractivity contribution in [2.45, 2.75) is 11.4 Å². The minimum absolute atomic E-state index is 0.172. The van der Waals surface area contributed by atoms with Gasteiger partial charge in [-0.25, -0.2) is 13.1 Å². The van der Waals surface area contributed by atoms with Gasteiger partial charge in [0.2, 0.25) is 10.0 Å². The molecule has 2 rings (SSSR count). The maximum absolute atomic E-state index is 12.1. The third kappa shape index (κ3) is 3.72. The van der Waals surface area contributed by atoms with Gasteiger partial charge in [-0.2, -0.15) is 0 Å². The fourth-order valence-corrected chi connectivity index (χ4v) is 2.81. The van der Waals surface area contributed by atoms with Gasteiger partial charge in [-0.3, -0.25) is 0 Å². The van der Waals surface area contributed by atoms with Crippen molar-refractivity contribution >= 4 is 21.6 Å². The van der Waals surface area contributed by atoms with E-state index in [1.165, 1.54) is 19.2 Å². The zero-order valence-corrected chi connectivity index (χ0v) is 12.4. The van der Waals surface area contributed by atoms with Crippen molar-refractivity contribution in [3.8, 4) is 5.75 Å². The van der Waals surface area contributed by atoms with Crippen LogP contribution >= 0.6 is 11.6 Å². The molecule has 0 aliphatic heterocycles. The van der Waals surface area contributed by atoms with E-state index in [1.54, 1.807) is 36.4 Å². The van der Waals surface area contributed by atoms with Crippen LogP contribution in [0.15, 0.2) is 53.4 Å². The highest BCUT2D eigenvalue weighted by atomic mass is 35.5. The molecule has 1 N–H and O–H groups in total. The molecule has 0 fully saturated rings. The third-order valence-corrected chi connectivity index (χ3v) is 4.38. The van der Waals surface area contributed by atoms with Crippen molar-refractivity contribution in [1.29, 1.82) is 0 Å². The van der Waals surface area contributed by atoms with E-state index in [9.17, 15) is 8.42 Å². The summed E-state index contributed by atoms with van der Waals surface area (Å²) in [6.45, 7) is 0.205. The first-order valence-corrected chi connectivity index (χ1v) is 7.75. The van der Waals surface area contributed by atoms with Crippen LogP contribution in [-0.4, -0.2) is 15.5 Å². The van der Waals surface area contributed by atoms with Crippen LogP contribution < -0.4 is 9.46 Å². The molecule has 0 unspecified atom stereocenters. The zero-order chi connectivity index (χ0) is 14.6. The number of ether oxygens (including phenoxy) is 1. The highest BCUT2D eigenvalue weighted by molar-refractivity contribution is 7.89. The molecule has 0 amide bonds. The Bertz CT molecular complexity index is 684. The minimum atomic E-state index is -3.56. The Kier molecular flexibility index (Phi) is 4.65. The Morgan fingerprint density at radius 1 is 1.15 bits per heavy atom. The lowest BCUT2D eigenvalue weighted by atomic mass is 10.2. The van der Waals surface area contributed by atoms with Crippen LogP contribution in [0.2, 0.25) is 5.02 Å². The molecule has 0 aliphatic rings. The number of methoxy groups -OCH3 is 1. The molecule has 4 nitrogen and oxygen atoms in total. The summed E-state index contributed by atoms with van der Waals surface area (Å²) >= 11 is 5.78. The van der Waals surface area contributed by atoms with E-state index < -0.39 is 10.0 Å². The Morgan fingerprint density at radius 2 is 1.85 bits per heavy atom. The number of halogens is 1. The summed E-state index contributed by atoms with van der Waals surface area (Å²) in [5.41, 5.74) is 0.834. The van der Waals surface area contributed by atoms with Crippen molar-refractivity contribution in [2.75, 3.05) is 7.11 Å². The normalized spacial score (nSPS) is 11.3. The molecule has 0 aromatic heterocycles. The average Bonchev–Trinajstić information content (AvgIpc) is 2.47. The lowest BCUT2D eigenvalue weighted by Gasteiger charge is -2.08. The molecule has 0 heterocycles. The van der Waals surface area contributed by atoms with Crippen molar-refractivity contribution in [2.24, 2.45) is 0 Å². The highest BCUT2D eigenvalue weighted by Gasteiger charge is 2.14. The lowest BCUT2D eigenvalue weighted by molar-refractivity contribution is 0.413. The molecule has 2 aromatic rings. The molecule has 20 heavy (non-hydrogen) atoms. The second-order valence-electron chi connectivity index (χ2n) is 4.13. The Morgan fingerprint density at radius 3 is 2.50 bits per heavy atom. The smallest absolute Gasteiger partial charge is 0.241 e. The monoisotopic (exact) mass is 311 g/mol. The molecule has 0 bridgehead atoms. The predicted molar refractivity (Wildman–Crippen MR) is 78.5 cm³/mol. The Hall–Kier alpha value is -1.56. The third-order valence-electron chi connectivity index (χ3n) is 2.73. The van der Waals surface area contributed by atoms with Crippen LogP contribution in [0.3, 0.4) is 0 Å². The first kappa shape index (κ1) is 14.8. The maximum atomic E-state index is 12.1. The van der Waals surface area contributed by atoms with Gasteiger partial charge < -0.3 is 4.74 Å². The van der Waals surface area contributed by atoms with Gasteiger partial charge in [-0.15, -0.1) is 0 Å². The summed E-state index contributed by atoms with van der Waals surface area (Å²) in [7, 11) is -2.07. The predicted octanol–water partition coefficient (Wildman–Crippen LogP) is 2.83. The van der Waals surface area contributed by atoms with E-state index in [0.717, 1.165) is 5.56 Å². The Balaban J connectivity index is 2.12. The number of rotatable bonds is 5. The summed E-state index contributed by atoms with van der Waals surface area (Å²) in [4.78, 5) is 0.172. The quantitative estimate of drug-likeness (QED) is 0.924. The molecule has 0 spiro atoms. The lowest BCUT2D eigenvalue weighted by Crippen LogP contribution is -2.23. The van der Waals surface area contributed by atoms with E-state index in [1.807, 2.05) is 0 Å². The standard InChI is InChI=1S/C14H14ClNO3S/c1-19-13-3-2-4-14(9-13)20(17,18)16-10-11-5-7-12(15)8-6-11/h2-9,16H,10H2,1H3. The number of hydrogen-bond donors (Lipinski definition) is 1. The van der Waals surface area contributed by atoms with E-state index >= 15 is 0 Å². The van der Waals surface area contributed by atoms with Gasteiger partial charge in [0.05, 0.1) is 12.0 Å². The molecule has 106 valence electrons. The van der Waals surface area contributed by atoms with Crippen LogP contribution in [0.4, 0.5) is 0 Å². The molecular formula is C14H14ClNO3S. The fourth-order valence-electron chi connectivity index (χ4n) is 1.63. The molecule has 2 aromatic carbocycles. The molecule has 6 heteroatoms. The van der Waals surface area contributed by atoms with Crippen LogP contribution in [0.5, 0.6) is 5.75 Å². The van der Waals surface area contributed by atoms with Crippen LogP contribution in [0, 0.1) is 0 Å². The van der Waals surface area contributed by atoms with E-state index in [0.29, 0.717) is 10.8 Å². The topological polar surface area (TPSA) is 55.4 Å². The summed E-state index contributed by atoms with van der Waals surface area (Å²) < 4.78 is 31.9. The van der Waals surface area contributed by atoms with Crippen molar-refractivity contribution in [1.82, 2.24) is 4.72 Å². The van der Waals surface area contributed by atoms with Crippen LogP contribution in [0.25, 0.3) is 0 Å². The summed E-state index contributed by atoms with van der Waals surface area (Å²) in [6.07, 6.45) is 0. The molecule has 0 atom stereocenters. The second kappa shape index (κ2) is 6.26. The number of benzene rings is 2. The average molecular weight is 312 g/mol. The highest BCUT2D eigenvalue weighted by Crippen LogP contribution is 2.17. The maximum Gasteiger partial charge on any atom is 0.241 e. The van der Waals surface area contributed by atoms with Gasteiger partial charge in [-0.05, 0) is 29.8 Å². The van der Waals surface area contributed by atoms with Crippen molar-refractivity contribution in [3.63, 3.8) is 0 Å². The molecule has 0 saturated carbocycles. The number of sulfonamides is 1. The van der Waals surface area contributed by atoms with Gasteiger partial charge in [-0.1, -0.05) is 29.8 Å². The van der Waals surface area contributed by atoms with Crippen molar-refractivity contribution in [3.05, 3.63) is 59.1 Å². The van der Waals surface area contributed by atoms with Crippen molar-refractivity contribution < 1.29 is 13.2 Å². The molecular weight excluding hydrogens is 298 g/mol. The molecule has 0 aliphatic carbocycles. The number of hydrogen-bond acceptors (Lipinski definition) is 3. The first-order chi connectivity index (χ1) is 9.51. The van der Waals surface area contributed by atoms with Crippen LogP contribution in [-0.2, 0) is 16.6 Å². The fraction of sp³-hybridized carbons (Fsp3) is 0.143. The van der Waals surface area contributed by atoms with E-state index in [2.05, 4.69) is 4.72 Å². The largest absolute Gasteiger partial charge is 0.497 e. The van der Waals surface area contributed by atoms with Gasteiger partial charge in [0.1, 0.15) is 5.75 Å². The van der Waals surface area contributed by atoms with E-state index in [4.69, 9.17) is 16.3 Å². The van der Waals surface area contributed by atoms with Gasteiger partial charge in [0, 0.05) is 17.6 Å². The molecule has 0 radical (unpaired) electrons. The SMILES string of the molecule is COc1cccc(S(=O)(=O)NCc2ccc(Cl)cc2)c1. The zero-order valence-electron chi connectivity index (χ0n) is 10.8. The number of nitrogens with one attached hydrogen (secondary N) is 1. The summed E-state index contributed by atoms with van der Waals surface area (Å²) in [6, 6.07) is 13.3. The van der Waals surface area contributed by atoms with Gasteiger partial charge in [0.15, 0.2) is 0 Å². The van der Waals surface area contributed by atoms with E-state index in [-0.39, 0.29) is 11.4 Å². The summed E-state index contributed by atoms with van der Waals surface area (Å²) in [5.74, 6) is 0.499.